The minimum absolute atomic E-state index is 0.0198. The maximum Gasteiger partial charge on any atom is 0.262 e. The van der Waals surface area contributed by atoms with E-state index in [0.29, 0.717) is 39.6 Å². The summed E-state index contributed by atoms with van der Waals surface area (Å²) in [6, 6.07) is 3.61. The lowest BCUT2D eigenvalue weighted by Crippen LogP contribution is -2.25. The van der Waals surface area contributed by atoms with Crippen molar-refractivity contribution in [3.8, 4) is 5.88 Å². The molecule has 1 aliphatic heterocycles. The zero-order valence-corrected chi connectivity index (χ0v) is 16.8. The molecule has 8 heteroatoms. The van der Waals surface area contributed by atoms with E-state index in [0.717, 1.165) is 37.1 Å². The smallest absolute Gasteiger partial charge is 0.262 e. The molecule has 0 fully saturated rings. The summed E-state index contributed by atoms with van der Waals surface area (Å²) in [5.41, 5.74) is 1.58. The summed E-state index contributed by atoms with van der Waals surface area (Å²) in [6.45, 7) is 2.89. The Morgan fingerprint density at radius 2 is 2.21 bits per heavy atom. The molecule has 0 saturated carbocycles. The minimum Gasteiger partial charge on any atom is -0.481 e. The van der Waals surface area contributed by atoms with Gasteiger partial charge in [0.1, 0.15) is 10.7 Å². The van der Waals surface area contributed by atoms with E-state index in [1.54, 1.807) is 23.9 Å². The summed E-state index contributed by atoms with van der Waals surface area (Å²) < 4.78 is 6.90. The lowest BCUT2D eigenvalue weighted by molar-refractivity contribution is 0.0954. The van der Waals surface area contributed by atoms with Crippen LogP contribution in [0.25, 0.3) is 10.2 Å². The van der Waals surface area contributed by atoms with Crippen LogP contribution >= 0.6 is 11.3 Å². The number of thiophene rings is 1. The average molecular weight is 398 g/mol. The number of fused-ring (bicyclic) bond motifs is 2. The first-order valence-electron chi connectivity index (χ1n) is 9.38. The Kier molecular flexibility index (Phi) is 5.13. The van der Waals surface area contributed by atoms with E-state index in [-0.39, 0.29) is 11.5 Å². The van der Waals surface area contributed by atoms with E-state index in [4.69, 9.17) is 9.72 Å². The summed E-state index contributed by atoms with van der Waals surface area (Å²) in [5.74, 6) is 1.14. The number of aromatic nitrogens is 3. The molecule has 0 spiro atoms. The van der Waals surface area contributed by atoms with Crippen LogP contribution in [0.4, 0.5) is 0 Å². The van der Waals surface area contributed by atoms with Crippen molar-refractivity contribution >= 4 is 27.5 Å². The number of carbonyl (C=O) groups excluding carboxylic acids is 1. The molecule has 0 aromatic carbocycles. The second kappa shape index (κ2) is 7.71. The molecular formula is C20H22N4O3S. The molecular weight excluding hydrogens is 376 g/mol. The number of nitrogens with one attached hydrogen (secondary N) is 1. The Labute approximate surface area is 166 Å². The number of methoxy groups -OCH3 is 1. The van der Waals surface area contributed by atoms with Gasteiger partial charge < -0.3 is 10.1 Å². The van der Waals surface area contributed by atoms with Gasteiger partial charge in [-0.2, -0.15) is 0 Å². The Morgan fingerprint density at radius 3 is 3.04 bits per heavy atom. The van der Waals surface area contributed by atoms with Crippen molar-refractivity contribution in [2.24, 2.45) is 0 Å². The second-order valence-electron chi connectivity index (χ2n) is 6.92. The largest absolute Gasteiger partial charge is 0.481 e. The zero-order chi connectivity index (χ0) is 19.7. The van der Waals surface area contributed by atoms with Crippen LogP contribution in [0.2, 0.25) is 0 Å². The van der Waals surface area contributed by atoms with Crippen molar-refractivity contribution < 1.29 is 9.53 Å². The van der Waals surface area contributed by atoms with Gasteiger partial charge in [0.05, 0.1) is 17.4 Å². The Bertz CT molecular complexity index is 1100. The molecule has 0 aliphatic carbocycles. The van der Waals surface area contributed by atoms with Crippen LogP contribution in [0.3, 0.4) is 0 Å². The van der Waals surface area contributed by atoms with E-state index < -0.39 is 0 Å². The molecule has 28 heavy (non-hydrogen) atoms. The Morgan fingerprint density at radius 1 is 1.36 bits per heavy atom. The van der Waals surface area contributed by atoms with Gasteiger partial charge in [-0.3, -0.25) is 14.2 Å². The molecule has 1 aliphatic rings. The molecule has 0 saturated heterocycles. The summed E-state index contributed by atoms with van der Waals surface area (Å²) in [4.78, 5) is 35.8. The predicted octanol–water partition coefficient (Wildman–Crippen LogP) is 2.83. The van der Waals surface area contributed by atoms with Gasteiger partial charge >= 0.3 is 0 Å². The number of rotatable bonds is 4. The van der Waals surface area contributed by atoms with Crippen LogP contribution in [0.15, 0.2) is 23.1 Å². The number of hydrogen-bond donors (Lipinski definition) is 1. The van der Waals surface area contributed by atoms with E-state index in [1.165, 1.54) is 11.3 Å². The fraction of sp³-hybridized carbons (Fsp3) is 0.400. The molecule has 4 rings (SSSR count). The van der Waals surface area contributed by atoms with Crippen molar-refractivity contribution in [1.82, 2.24) is 19.9 Å². The predicted molar refractivity (Wildman–Crippen MR) is 108 cm³/mol. The van der Waals surface area contributed by atoms with Crippen LogP contribution in [0.5, 0.6) is 5.88 Å². The SMILES string of the molecule is COc1cc(CNC(=O)c2sc3nc4n(c(=O)c3c2C)CCCCC4)ccn1. The molecule has 0 bridgehead atoms. The summed E-state index contributed by atoms with van der Waals surface area (Å²) in [5, 5.41) is 3.49. The number of nitrogens with zero attached hydrogens (tertiary/aromatic N) is 3. The van der Waals surface area contributed by atoms with Gasteiger partial charge in [-0.05, 0) is 37.0 Å². The average Bonchev–Trinajstić information content (AvgIpc) is 2.88. The highest BCUT2D eigenvalue weighted by molar-refractivity contribution is 7.20. The molecule has 0 radical (unpaired) electrons. The Hall–Kier alpha value is -2.74. The lowest BCUT2D eigenvalue weighted by atomic mass is 10.2. The molecule has 1 N–H and O–H groups in total. The summed E-state index contributed by atoms with van der Waals surface area (Å²) in [7, 11) is 1.55. The van der Waals surface area contributed by atoms with Gasteiger partial charge in [0, 0.05) is 31.8 Å². The summed E-state index contributed by atoms with van der Waals surface area (Å²) in [6.07, 6.45) is 5.61. The lowest BCUT2D eigenvalue weighted by Gasteiger charge is -2.08. The van der Waals surface area contributed by atoms with Crippen molar-refractivity contribution in [2.75, 3.05) is 7.11 Å². The number of carbonyl (C=O) groups is 1. The highest BCUT2D eigenvalue weighted by atomic mass is 32.1. The first-order valence-corrected chi connectivity index (χ1v) is 10.2. The van der Waals surface area contributed by atoms with Gasteiger partial charge in [0.15, 0.2) is 0 Å². The molecule has 3 aromatic rings. The molecule has 0 atom stereocenters. The van der Waals surface area contributed by atoms with Crippen LogP contribution in [0.1, 0.15) is 45.9 Å². The molecule has 4 heterocycles. The summed E-state index contributed by atoms with van der Waals surface area (Å²) >= 11 is 1.30. The molecule has 1 amide bonds. The van der Waals surface area contributed by atoms with Crippen LogP contribution in [0, 0.1) is 6.92 Å². The maximum absolute atomic E-state index is 13.0. The third kappa shape index (κ3) is 3.40. The van der Waals surface area contributed by atoms with E-state index >= 15 is 0 Å². The van der Waals surface area contributed by atoms with Crippen LogP contribution in [-0.2, 0) is 19.5 Å². The number of aryl methyl sites for hydroxylation is 2. The van der Waals surface area contributed by atoms with E-state index in [9.17, 15) is 9.59 Å². The van der Waals surface area contributed by atoms with Crippen molar-refractivity contribution in [3.05, 3.63) is 50.5 Å². The number of pyridine rings is 1. The first kappa shape index (κ1) is 18.6. The Balaban J connectivity index is 1.63. The minimum atomic E-state index is -0.198. The topological polar surface area (TPSA) is 86.1 Å². The van der Waals surface area contributed by atoms with Gasteiger partial charge in [-0.1, -0.05) is 6.42 Å². The van der Waals surface area contributed by atoms with E-state index in [1.807, 2.05) is 13.0 Å². The third-order valence-electron chi connectivity index (χ3n) is 5.08. The van der Waals surface area contributed by atoms with Crippen molar-refractivity contribution in [2.45, 2.75) is 45.7 Å². The van der Waals surface area contributed by atoms with Crippen LogP contribution in [-0.4, -0.2) is 27.6 Å². The first-order chi connectivity index (χ1) is 13.6. The van der Waals surface area contributed by atoms with Gasteiger partial charge in [0.25, 0.3) is 11.5 Å². The number of hydrogen-bond acceptors (Lipinski definition) is 6. The van der Waals surface area contributed by atoms with Gasteiger partial charge in [-0.15, -0.1) is 11.3 Å². The second-order valence-corrected chi connectivity index (χ2v) is 7.92. The number of amides is 1. The third-order valence-corrected chi connectivity index (χ3v) is 6.26. The number of ether oxygens (including phenoxy) is 1. The highest BCUT2D eigenvalue weighted by Crippen LogP contribution is 2.28. The van der Waals surface area contributed by atoms with Crippen LogP contribution < -0.4 is 15.6 Å². The molecule has 3 aromatic heterocycles. The normalized spacial score (nSPS) is 13.8. The highest BCUT2D eigenvalue weighted by Gasteiger charge is 2.22. The molecule has 0 unspecified atom stereocenters. The van der Waals surface area contributed by atoms with E-state index in [2.05, 4.69) is 10.3 Å². The fourth-order valence-corrected chi connectivity index (χ4v) is 4.67. The van der Waals surface area contributed by atoms with Gasteiger partial charge in [0.2, 0.25) is 5.88 Å². The quantitative estimate of drug-likeness (QED) is 0.730. The van der Waals surface area contributed by atoms with Crippen molar-refractivity contribution in [3.63, 3.8) is 0 Å². The standard InChI is InChI=1S/C20H22N4O3S/c1-12-16-19(23-14-6-4-3-5-9-24(14)20(16)26)28-17(12)18(25)22-11-13-7-8-21-15(10-13)27-2/h7-8,10H,3-6,9,11H2,1-2H3,(H,22,25). The zero-order valence-electron chi connectivity index (χ0n) is 15.9. The maximum atomic E-state index is 13.0. The van der Waals surface area contributed by atoms with Gasteiger partial charge in [-0.25, -0.2) is 9.97 Å². The molecule has 7 nitrogen and oxygen atoms in total. The fourth-order valence-electron chi connectivity index (χ4n) is 3.56. The van der Waals surface area contributed by atoms with Crippen molar-refractivity contribution in [1.29, 1.82) is 0 Å². The molecule has 146 valence electrons. The monoisotopic (exact) mass is 398 g/mol.